The van der Waals surface area contributed by atoms with E-state index in [9.17, 15) is 0 Å². The maximum atomic E-state index is 3.52. The van der Waals surface area contributed by atoms with Gasteiger partial charge in [0.1, 0.15) is 0 Å². The van der Waals surface area contributed by atoms with Crippen molar-refractivity contribution < 1.29 is 0 Å². The molecule has 2 fully saturated rings. The summed E-state index contributed by atoms with van der Waals surface area (Å²) in [6.07, 6.45) is 4.04. The van der Waals surface area contributed by atoms with Crippen molar-refractivity contribution in [1.82, 2.24) is 15.1 Å². The molecule has 0 bridgehead atoms. The van der Waals surface area contributed by atoms with E-state index in [1.165, 1.54) is 52.0 Å². The molecule has 0 aromatic rings. The lowest BCUT2D eigenvalue weighted by atomic mass is 10.0. The minimum atomic E-state index is 0.723. The van der Waals surface area contributed by atoms with Gasteiger partial charge in [0, 0.05) is 18.6 Å². The molecule has 3 nitrogen and oxygen atoms in total. The first kappa shape index (κ1) is 11.4. The van der Waals surface area contributed by atoms with Crippen LogP contribution < -0.4 is 5.32 Å². The fraction of sp³-hybridized carbons (Fsp3) is 1.00. The average Bonchev–Trinajstić information content (AvgIpc) is 2.44. The summed E-state index contributed by atoms with van der Waals surface area (Å²) in [6, 6.07) is 1.57. The first-order valence-corrected chi connectivity index (χ1v) is 6.42. The second-order valence-corrected chi connectivity index (χ2v) is 5.18. The van der Waals surface area contributed by atoms with Crippen LogP contribution in [0.5, 0.6) is 0 Å². The van der Waals surface area contributed by atoms with Gasteiger partial charge >= 0.3 is 0 Å². The van der Waals surface area contributed by atoms with Crippen molar-refractivity contribution >= 4 is 0 Å². The molecule has 0 aromatic heterocycles. The molecule has 3 heteroatoms. The van der Waals surface area contributed by atoms with E-state index < -0.39 is 0 Å². The van der Waals surface area contributed by atoms with E-state index in [-0.39, 0.29) is 0 Å². The number of piperidine rings is 1. The number of hydrogen-bond acceptors (Lipinski definition) is 3. The Morgan fingerprint density at radius 3 is 2.60 bits per heavy atom. The number of likely N-dealkylation sites (tertiary alicyclic amines) is 1. The molecular formula is C12H25N3. The van der Waals surface area contributed by atoms with E-state index in [4.69, 9.17) is 0 Å². The van der Waals surface area contributed by atoms with Crippen LogP contribution in [0.3, 0.4) is 0 Å². The summed E-state index contributed by atoms with van der Waals surface area (Å²) >= 11 is 0. The highest BCUT2D eigenvalue weighted by atomic mass is 15.2. The number of hydrogen-bond donors (Lipinski definition) is 1. The summed E-state index contributed by atoms with van der Waals surface area (Å²) in [4.78, 5) is 5.20. The van der Waals surface area contributed by atoms with Crippen molar-refractivity contribution in [2.45, 2.75) is 38.3 Å². The maximum Gasteiger partial charge on any atom is 0.0195 e. The van der Waals surface area contributed by atoms with E-state index in [0.717, 1.165) is 12.1 Å². The fourth-order valence-electron chi connectivity index (χ4n) is 2.90. The smallest absolute Gasteiger partial charge is 0.0195 e. The van der Waals surface area contributed by atoms with Crippen molar-refractivity contribution in [3.8, 4) is 0 Å². The molecule has 2 heterocycles. The largest absolute Gasteiger partial charge is 0.315 e. The van der Waals surface area contributed by atoms with Gasteiger partial charge in [0.25, 0.3) is 0 Å². The first-order valence-electron chi connectivity index (χ1n) is 6.42. The lowest BCUT2D eigenvalue weighted by Crippen LogP contribution is -2.49. The van der Waals surface area contributed by atoms with Gasteiger partial charge in [0.2, 0.25) is 0 Å². The highest BCUT2D eigenvalue weighted by Crippen LogP contribution is 2.19. The van der Waals surface area contributed by atoms with Crippen LogP contribution >= 0.6 is 0 Å². The molecule has 88 valence electrons. The number of nitrogens with one attached hydrogen (secondary N) is 1. The van der Waals surface area contributed by atoms with E-state index in [2.05, 4.69) is 29.1 Å². The van der Waals surface area contributed by atoms with Crippen LogP contribution in [0.4, 0.5) is 0 Å². The molecule has 0 aromatic carbocycles. The Bertz CT molecular complexity index is 187. The first-order chi connectivity index (χ1) is 7.27. The zero-order chi connectivity index (χ0) is 10.7. The zero-order valence-corrected chi connectivity index (χ0v) is 10.2. The van der Waals surface area contributed by atoms with Gasteiger partial charge in [-0.15, -0.1) is 0 Å². The molecule has 0 radical (unpaired) electrons. The summed E-state index contributed by atoms with van der Waals surface area (Å²) in [5.41, 5.74) is 0. The monoisotopic (exact) mass is 211 g/mol. The summed E-state index contributed by atoms with van der Waals surface area (Å²) in [6.45, 7) is 8.60. The van der Waals surface area contributed by atoms with Gasteiger partial charge in [0.15, 0.2) is 0 Å². The third-order valence-corrected chi connectivity index (χ3v) is 3.93. The molecule has 0 saturated carbocycles. The topological polar surface area (TPSA) is 18.5 Å². The summed E-state index contributed by atoms with van der Waals surface area (Å²) in [7, 11) is 2.24. The SMILES string of the molecule is CC1CNCCCN1C1CCN(C)CC1. The molecule has 1 atom stereocenters. The Morgan fingerprint density at radius 2 is 1.87 bits per heavy atom. The van der Waals surface area contributed by atoms with E-state index in [0.29, 0.717) is 0 Å². The quantitative estimate of drug-likeness (QED) is 0.691. The third kappa shape index (κ3) is 2.92. The summed E-state index contributed by atoms with van der Waals surface area (Å²) in [5.74, 6) is 0. The van der Waals surface area contributed by atoms with Crippen LogP contribution in [0.1, 0.15) is 26.2 Å². The molecule has 2 aliphatic heterocycles. The van der Waals surface area contributed by atoms with E-state index >= 15 is 0 Å². The Labute approximate surface area is 93.8 Å². The second-order valence-electron chi connectivity index (χ2n) is 5.18. The molecule has 2 rings (SSSR count). The van der Waals surface area contributed by atoms with Gasteiger partial charge in [-0.25, -0.2) is 0 Å². The number of rotatable bonds is 1. The summed E-state index contributed by atoms with van der Waals surface area (Å²) < 4.78 is 0. The van der Waals surface area contributed by atoms with Crippen LogP contribution in [-0.2, 0) is 0 Å². The van der Waals surface area contributed by atoms with E-state index in [1.807, 2.05) is 0 Å². The highest BCUT2D eigenvalue weighted by molar-refractivity contribution is 4.84. The number of nitrogens with zero attached hydrogens (tertiary/aromatic N) is 2. The molecular weight excluding hydrogens is 186 g/mol. The van der Waals surface area contributed by atoms with Crippen LogP contribution in [0.25, 0.3) is 0 Å². The second kappa shape index (κ2) is 5.28. The van der Waals surface area contributed by atoms with Crippen LogP contribution in [0.15, 0.2) is 0 Å². The molecule has 1 unspecified atom stereocenters. The molecule has 0 amide bonds. The van der Waals surface area contributed by atoms with E-state index in [1.54, 1.807) is 0 Å². The minimum absolute atomic E-state index is 0.723. The average molecular weight is 211 g/mol. The van der Waals surface area contributed by atoms with Crippen molar-refractivity contribution in [2.75, 3.05) is 39.8 Å². The highest BCUT2D eigenvalue weighted by Gasteiger charge is 2.27. The van der Waals surface area contributed by atoms with Gasteiger partial charge in [-0.1, -0.05) is 0 Å². The molecule has 2 saturated heterocycles. The Morgan fingerprint density at radius 1 is 1.13 bits per heavy atom. The Hall–Kier alpha value is -0.120. The van der Waals surface area contributed by atoms with Crippen LogP contribution in [-0.4, -0.2) is 61.7 Å². The Balaban J connectivity index is 1.89. The van der Waals surface area contributed by atoms with Crippen molar-refractivity contribution in [2.24, 2.45) is 0 Å². The predicted molar refractivity (Wildman–Crippen MR) is 64.2 cm³/mol. The standard InChI is InChI=1S/C12H25N3/c1-11-10-13-6-3-7-15(11)12-4-8-14(2)9-5-12/h11-13H,3-10H2,1-2H3. The third-order valence-electron chi connectivity index (χ3n) is 3.93. The van der Waals surface area contributed by atoms with Gasteiger partial charge in [0.05, 0.1) is 0 Å². The van der Waals surface area contributed by atoms with Crippen molar-refractivity contribution in [3.05, 3.63) is 0 Å². The molecule has 0 aliphatic carbocycles. The van der Waals surface area contributed by atoms with Crippen molar-refractivity contribution in [3.63, 3.8) is 0 Å². The van der Waals surface area contributed by atoms with Crippen LogP contribution in [0, 0.1) is 0 Å². The van der Waals surface area contributed by atoms with Gasteiger partial charge in [-0.05, 0) is 59.4 Å². The normalized spacial score (nSPS) is 32.8. The lowest BCUT2D eigenvalue weighted by molar-refractivity contribution is 0.0947. The predicted octanol–water partition coefficient (Wildman–Crippen LogP) is 0.764. The van der Waals surface area contributed by atoms with Gasteiger partial charge in [-0.3, -0.25) is 4.90 Å². The zero-order valence-electron chi connectivity index (χ0n) is 10.2. The molecule has 1 N–H and O–H groups in total. The van der Waals surface area contributed by atoms with Gasteiger partial charge < -0.3 is 10.2 Å². The Kier molecular flexibility index (Phi) is 4.00. The molecule has 2 aliphatic rings. The van der Waals surface area contributed by atoms with Gasteiger partial charge in [-0.2, -0.15) is 0 Å². The maximum absolute atomic E-state index is 3.52. The molecule has 0 spiro atoms. The minimum Gasteiger partial charge on any atom is -0.315 e. The lowest BCUT2D eigenvalue weighted by Gasteiger charge is -2.39. The van der Waals surface area contributed by atoms with Crippen LogP contribution in [0.2, 0.25) is 0 Å². The molecule has 15 heavy (non-hydrogen) atoms. The summed E-state index contributed by atoms with van der Waals surface area (Å²) in [5, 5.41) is 3.52. The fourth-order valence-corrected chi connectivity index (χ4v) is 2.90. The van der Waals surface area contributed by atoms with Crippen molar-refractivity contribution in [1.29, 1.82) is 0 Å².